The smallest absolute Gasteiger partial charge is 0.257 e. The maximum Gasteiger partial charge on any atom is 0.257 e. The van der Waals surface area contributed by atoms with Gasteiger partial charge in [-0.15, -0.1) is 0 Å². The number of halogens is 2. The van der Waals surface area contributed by atoms with Crippen LogP contribution in [-0.4, -0.2) is 25.7 Å². The minimum absolute atomic E-state index is 0.0658. The first-order chi connectivity index (χ1) is 8.88. The van der Waals surface area contributed by atoms with Crippen molar-refractivity contribution < 1.29 is 18.3 Å². The van der Waals surface area contributed by atoms with Gasteiger partial charge >= 0.3 is 0 Å². The van der Waals surface area contributed by atoms with Crippen molar-refractivity contribution in [3.05, 3.63) is 29.3 Å². The molecule has 6 heteroatoms. The van der Waals surface area contributed by atoms with E-state index in [1.807, 2.05) is 13.8 Å². The molecule has 1 rings (SSSR count). The van der Waals surface area contributed by atoms with Crippen LogP contribution >= 0.6 is 0 Å². The Balaban J connectivity index is 2.98. The number of nitrogen functional groups attached to an aromatic ring is 1. The van der Waals surface area contributed by atoms with Crippen LogP contribution in [0.3, 0.4) is 0 Å². The number of benzene rings is 1. The molecule has 0 saturated heterocycles. The van der Waals surface area contributed by atoms with E-state index in [-0.39, 0.29) is 24.3 Å². The zero-order valence-corrected chi connectivity index (χ0v) is 11.2. The van der Waals surface area contributed by atoms with Gasteiger partial charge in [-0.05, 0) is 18.1 Å². The molecule has 1 aromatic carbocycles. The number of amides is 1. The van der Waals surface area contributed by atoms with Crippen LogP contribution in [-0.2, 0) is 4.74 Å². The molecule has 3 N–H and O–H groups in total. The van der Waals surface area contributed by atoms with E-state index in [1.165, 1.54) is 7.11 Å². The summed E-state index contributed by atoms with van der Waals surface area (Å²) in [4.78, 5) is 11.9. The highest BCUT2D eigenvalue weighted by molar-refractivity contribution is 5.95. The number of nitrogens with two attached hydrogens (primary N) is 1. The SMILES string of the molecule is COCC(NC(=O)c1c(F)ccc(N)c1F)C(C)C. The fourth-order valence-corrected chi connectivity index (χ4v) is 1.60. The summed E-state index contributed by atoms with van der Waals surface area (Å²) in [6.07, 6.45) is 0. The Labute approximate surface area is 110 Å². The molecule has 0 aliphatic carbocycles. The topological polar surface area (TPSA) is 64.3 Å². The predicted octanol–water partition coefficient (Wildman–Crippen LogP) is 1.95. The van der Waals surface area contributed by atoms with Gasteiger partial charge in [0.1, 0.15) is 11.4 Å². The fraction of sp³-hybridized carbons (Fsp3) is 0.462. The second-order valence-electron chi connectivity index (χ2n) is 4.60. The number of carbonyl (C=O) groups is 1. The normalized spacial score (nSPS) is 12.5. The largest absolute Gasteiger partial charge is 0.396 e. The van der Waals surface area contributed by atoms with Crippen molar-refractivity contribution in [2.24, 2.45) is 5.92 Å². The molecule has 1 amide bonds. The molecule has 0 aliphatic heterocycles. The lowest BCUT2D eigenvalue weighted by molar-refractivity contribution is 0.0858. The molecule has 1 atom stereocenters. The summed E-state index contributed by atoms with van der Waals surface area (Å²) in [6.45, 7) is 4.00. The molecule has 0 spiro atoms. The van der Waals surface area contributed by atoms with Gasteiger partial charge in [0, 0.05) is 7.11 Å². The summed E-state index contributed by atoms with van der Waals surface area (Å²) in [7, 11) is 1.49. The lowest BCUT2D eigenvalue weighted by Gasteiger charge is -2.21. The standard InChI is InChI=1S/C13H18F2N2O2/c1-7(2)10(6-19-3)17-13(18)11-8(14)4-5-9(16)12(11)15/h4-5,7,10H,6,16H2,1-3H3,(H,17,18). The number of rotatable bonds is 5. The van der Waals surface area contributed by atoms with Crippen molar-refractivity contribution in [3.63, 3.8) is 0 Å². The molecule has 1 aromatic rings. The van der Waals surface area contributed by atoms with E-state index in [0.717, 1.165) is 12.1 Å². The van der Waals surface area contributed by atoms with Gasteiger partial charge in [-0.25, -0.2) is 8.78 Å². The van der Waals surface area contributed by atoms with Crippen molar-refractivity contribution in [2.45, 2.75) is 19.9 Å². The van der Waals surface area contributed by atoms with E-state index in [1.54, 1.807) is 0 Å². The van der Waals surface area contributed by atoms with Gasteiger partial charge in [-0.3, -0.25) is 4.79 Å². The maximum atomic E-state index is 13.7. The maximum absolute atomic E-state index is 13.7. The monoisotopic (exact) mass is 272 g/mol. The first-order valence-corrected chi connectivity index (χ1v) is 5.91. The van der Waals surface area contributed by atoms with Crippen LogP contribution in [0.2, 0.25) is 0 Å². The average molecular weight is 272 g/mol. The summed E-state index contributed by atoms with van der Waals surface area (Å²) < 4.78 is 32.2. The quantitative estimate of drug-likeness (QED) is 0.805. The molecule has 0 bridgehead atoms. The van der Waals surface area contributed by atoms with E-state index in [4.69, 9.17) is 10.5 Å². The lowest BCUT2D eigenvalue weighted by atomic mass is 10.0. The molecule has 0 aromatic heterocycles. The van der Waals surface area contributed by atoms with Gasteiger partial charge in [0.05, 0.1) is 18.3 Å². The fourth-order valence-electron chi connectivity index (χ4n) is 1.60. The summed E-state index contributed by atoms with van der Waals surface area (Å²) in [5.74, 6) is -2.75. The molecule has 0 radical (unpaired) electrons. The van der Waals surface area contributed by atoms with E-state index in [9.17, 15) is 13.6 Å². The Morgan fingerprint density at radius 2 is 2.05 bits per heavy atom. The Morgan fingerprint density at radius 1 is 1.42 bits per heavy atom. The molecule has 19 heavy (non-hydrogen) atoms. The Kier molecular flexibility index (Phi) is 5.23. The minimum Gasteiger partial charge on any atom is -0.396 e. The number of nitrogens with one attached hydrogen (secondary N) is 1. The molecular formula is C13H18F2N2O2. The minimum atomic E-state index is -1.04. The van der Waals surface area contributed by atoms with E-state index in [0.29, 0.717) is 0 Å². The van der Waals surface area contributed by atoms with Crippen LogP contribution < -0.4 is 11.1 Å². The summed E-state index contributed by atoms with van der Waals surface area (Å²) in [5, 5.41) is 2.54. The molecule has 106 valence electrons. The number of ether oxygens (including phenoxy) is 1. The Bertz CT molecular complexity index is 464. The van der Waals surface area contributed by atoms with E-state index >= 15 is 0 Å². The first kappa shape index (κ1) is 15.4. The number of anilines is 1. The zero-order chi connectivity index (χ0) is 14.6. The summed E-state index contributed by atoms with van der Waals surface area (Å²) in [6, 6.07) is 1.71. The van der Waals surface area contributed by atoms with Crippen LogP contribution in [0.4, 0.5) is 14.5 Å². The van der Waals surface area contributed by atoms with Crippen LogP contribution in [0.1, 0.15) is 24.2 Å². The van der Waals surface area contributed by atoms with Crippen LogP contribution in [0.5, 0.6) is 0 Å². The van der Waals surface area contributed by atoms with Crippen molar-refractivity contribution in [3.8, 4) is 0 Å². The summed E-state index contributed by atoms with van der Waals surface area (Å²) >= 11 is 0. The number of methoxy groups -OCH3 is 1. The second kappa shape index (κ2) is 6.47. The Hall–Kier alpha value is -1.69. The number of hydrogen-bond acceptors (Lipinski definition) is 3. The van der Waals surface area contributed by atoms with Gasteiger partial charge in [-0.2, -0.15) is 0 Å². The van der Waals surface area contributed by atoms with Gasteiger partial charge in [-0.1, -0.05) is 13.8 Å². The zero-order valence-electron chi connectivity index (χ0n) is 11.2. The third kappa shape index (κ3) is 3.64. The van der Waals surface area contributed by atoms with Crippen molar-refractivity contribution in [1.82, 2.24) is 5.32 Å². The van der Waals surface area contributed by atoms with Crippen molar-refractivity contribution in [1.29, 1.82) is 0 Å². The number of hydrogen-bond donors (Lipinski definition) is 2. The van der Waals surface area contributed by atoms with Gasteiger partial charge in [0.25, 0.3) is 5.91 Å². The number of carbonyl (C=O) groups excluding carboxylic acids is 1. The average Bonchev–Trinajstić information content (AvgIpc) is 2.33. The van der Waals surface area contributed by atoms with E-state index in [2.05, 4.69) is 5.32 Å². The molecule has 0 saturated carbocycles. The molecule has 0 fully saturated rings. The predicted molar refractivity (Wildman–Crippen MR) is 68.7 cm³/mol. The summed E-state index contributed by atoms with van der Waals surface area (Å²) in [5.41, 5.74) is 4.40. The van der Waals surface area contributed by atoms with Crippen LogP contribution in [0.15, 0.2) is 12.1 Å². The second-order valence-corrected chi connectivity index (χ2v) is 4.60. The van der Waals surface area contributed by atoms with Gasteiger partial charge in [0.15, 0.2) is 5.82 Å². The highest BCUT2D eigenvalue weighted by atomic mass is 19.1. The Morgan fingerprint density at radius 3 is 2.58 bits per heavy atom. The highest BCUT2D eigenvalue weighted by Crippen LogP contribution is 2.19. The molecule has 0 aliphatic rings. The van der Waals surface area contributed by atoms with E-state index < -0.39 is 23.1 Å². The lowest BCUT2D eigenvalue weighted by Crippen LogP contribution is -2.42. The van der Waals surface area contributed by atoms with Crippen molar-refractivity contribution in [2.75, 3.05) is 19.5 Å². The molecule has 0 heterocycles. The van der Waals surface area contributed by atoms with Gasteiger partial charge < -0.3 is 15.8 Å². The highest BCUT2D eigenvalue weighted by Gasteiger charge is 2.23. The van der Waals surface area contributed by atoms with Gasteiger partial charge in [0.2, 0.25) is 0 Å². The molecule has 1 unspecified atom stereocenters. The van der Waals surface area contributed by atoms with Crippen molar-refractivity contribution >= 4 is 11.6 Å². The van der Waals surface area contributed by atoms with Crippen LogP contribution in [0.25, 0.3) is 0 Å². The third-order valence-corrected chi connectivity index (χ3v) is 2.82. The van der Waals surface area contributed by atoms with Crippen LogP contribution in [0, 0.1) is 17.6 Å². The first-order valence-electron chi connectivity index (χ1n) is 5.91. The molecule has 4 nitrogen and oxygen atoms in total. The third-order valence-electron chi connectivity index (χ3n) is 2.82. The molecular weight excluding hydrogens is 254 g/mol.